The fraction of sp³-hybridized carbons (Fsp3) is 0.550. The molecular weight excluding hydrogens is 356 g/mol. The topological polar surface area (TPSA) is 118 Å². The maximum absolute atomic E-state index is 12.9. The summed E-state index contributed by atoms with van der Waals surface area (Å²) in [6.07, 6.45) is 5.64. The van der Waals surface area contributed by atoms with Crippen LogP contribution in [0.3, 0.4) is 0 Å². The summed E-state index contributed by atoms with van der Waals surface area (Å²) < 4.78 is 5.32. The number of anilines is 1. The fourth-order valence-electron chi connectivity index (χ4n) is 3.95. The second-order valence-electron chi connectivity index (χ2n) is 7.14. The highest BCUT2D eigenvalue weighted by Crippen LogP contribution is 2.40. The Labute approximate surface area is 166 Å². The van der Waals surface area contributed by atoms with Crippen molar-refractivity contribution in [2.45, 2.75) is 51.1 Å². The van der Waals surface area contributed by atoms with E-state index < -0.39 is 5.66 Å². The molecule has 3 rings (SSSR count). The van der Waals surface area contributed by atoms with Gasteiger partial charge in [-0.05, 0) is 51.2 Å². The van der Waals surface area contributed by atoms with Crippen LogP contribution in [-0.4, -0.2) is 43.2 Å². The SMILES string of the molecule is CCOCCCNC(=O)c1ccccc1N1C(N)=NC(N)=NC12CCCCC2. The lowest BCUT2D eigenvalue weighted by Gasteiger charge is -2.46. The van der Waals surface area contributed by atoms with Crippen molar-refractivity contribution >= 4 is 23.5 Å². The van der Waals surface area contributed by atoms with Gasteiger partial charge in [0.05, 0.1) is 11.3 Å². The van der Waals surface area contributed by atoms with Gasteiger partial charge < -0.3 is 21.5 Å². The Balaban J connectivity index is 1.86. The zero-order valence-electron chi connectivity index (χ0n) is 16.5. The third-order valence-electron chi connectivity index (χ3n) is 5.20. The summed E-state index contributed by atoms with van der Waals surface area (Å²) >= 11 is 0. The number of para-hydroxylation sites is 1. The van der Waals surface area contributed by atoms with Gasteiger partial charge in [0.15, 0.2) is 0 Å². The number of hydrogen-bond acceptors (Lipinski definition) is 7. The molecule has 1 aliphatic carbocycles. The standard InChI is InChI=1S/C20H30N6O2/c1-2-28-14-8-13-23-17(27)15-9-4-5-10-16(15)26-19(22)24-18(21)25-20(26)11-6-3-7-12-20/h4-5,9-10H,2-3,6-8,11-14H2,1H3,(H,23,27)(H4,21,22,24,25). The molecule has 8 heteroatoms. The van der Waals surface area contributed by atoms with Crippen LogP contribution in [0.1, 0.15) is 55.8 Å². The van der Waals surface area contributed by atoms with E-state index >= 15 is 0 Å². The predicted molar refractivity (Wildman–Crippen MR) is 111 cm³/mol. The summed E-state index contributed by atoms with van der Waals surface area (Å²) in [6.45, 7) is 3.81. The van der Waals surface area contributed by atoms with E-state index in [4.69, 9.17) is 16.2 Å². The molecule has 8 nitrogen and oxygen atoms in total. The first kappa shape index (κ1) is 20.1. The van der Waals surface area contributed by atoms with Crippen molar-refractivity contribution in [1.29, 1.82) is 0 Å². The lowest BCUT2D eigenvalue weighted by molar-refractivity contribution is 0.0944. The molecule has 1 aromatic carbocycles. The molecule has 1 saturated carbocycles. The van der Waals surface area contributed by atoms with Gasteiger partial charge >= 0.3 is 0 Å². The fourth-order valence-corrected chi connectivity index (χ4v) is 3.95. The number of carbonyl (C=O) groups excluding carboxylic acids is 1. The van der Waals surface area contributed by atoms with Crippen LogP contribution in [0.25, 0.3) is 0 Å². The lowest BCUT2D eigenvalue weighted by atomic mass is 9.87. The summed E-state index contributed by atoms with van der Waals surface area (Å²) in [5.41, 5.74) is 12.9. The predicted octanol–water partition coefficient (Wildman–Crippen LogP) is 1.95. The minimum Gasteiger partial charge on any atom is -0.382 e. The van der Waals surface area contributed by atoms with Crippen molar-refractivity contribution in [3.63, 3.8) is 0 Å². The van der Waals surface area contributed by atoms with Crippen LogP contribution in [0.4, 0.5) is 5.69 Å². The molecule has 1 aliphatic heterocycles. The quantitative estimate of drug-likeness (QED) is 0.619. The Morgan fingerprint density at radius 2 is 2.00 bits per heavy atom. The largest absolute Gasteiger partial charge is 0.382 e. The molecule has 1 aromatic rings. The molecule has 0 unspecified atom stereocenters. The Morgan fingerprint density at radius 1 is 1.25 bits per heavy atom. The van der Waals surface area contributed by atoms with Crippen molar-refractivity contribution in [3.05, 3.63) is 29.8 Å². The summed E-state index contributed by atoms with van der Waals surface area (Å²) in [5.74, 6) is 0.341. The minimum absolute atomic E-state index is 0.145. The number of rotatable bonds is 7. The molecule has 1 spiro atoms. The van der Waals surface area contributed by atoms with Crippen molar-refractivity contribution in [2.24, 2.45) is 21.5 Å². The molecule has 0 bridgehead atoms. The zero-order chi connectivity index (χ0) is 20.0. The van der Waals surface area contributed by atoms with Gasteiger partial charge in [0.2, 0.25) is 11.9 Å². The van der Waals surface area contributed by atoms with Gasteiger partial charge in [0.25, 0.3) is 5.91 Å². The van der Waals surface area contributed by atoms with Crippen LogP contribution in [0.2, 0.25) is 0 Å². The average molecular weight is 387 g/mol. The van der Waals surface area contributed by atoms with E-state index in [1.54, 1.807) is 6.07 Å². The van der Waals surface area contributed by atoms with Crippen molar-refractivity contribution < 1.29 is 9.53 Å². The van der Waals surface area contributed by atoms with Crippen LogP contribution in [0.15, 0.2) is 34.3 Å². The van der Waals surface area contributed by atoms with Gasteiger partial charge in [-0.25, -0.2) is 4.99 Å². The van der Waals surface area contributed by atoms with Gasteiger partial charge in [0, 0.05) is 19.8 Å². The number of aliphatic imine (C=N–C) groups is 2. The monoisotopic (exact) mass is 386 g/mol. The zero-order valence-corrected chi connectivity index (χ0v) is 16.5. The normalized spacial score (nSPS) is 18.5. The maximum atomic E-state index is 12.9. The second kappa shape index (κ2) is 9.05. The molecule has 0 radical (unpaired) electrons. The highest BCUT2D eigenvalue weighted by Gasteiger charge is 2.43. The average Bonchev–Trinajstić information content (AvgIpc) is 2.68. The molecule has 2 aliphatic rings. The number of hydrogen-bond donors (Lipinski definition) is 3. The second-order valence-corrected chi connectivity index (χ2v) is 7.14. The van der Waals surface area contributed by atoms with Crippen LogP contribution in [-0.2, 0) is 4.74 Å². The molecular formula is C20H30N6O2. The van der Waals surface area contributed by atoms with E-state index in [9.17, 15) is 4.79 Å². The maximum Gasteiger partial charge on any atom is 0.253 e. The highest BCUT2D eigenvalue weighted by molar-refractivity contribution is 6.10. The summed E-state index contributed by atoms with van der Waals surface area (Å²) in [7, 11) is 0. The van der Waals surface area contributed by atoms with E-state index in [0.29, 0.717) is 31.0 Å². The smallest absolute Gasteiger partial charge is 0.253 e. The van der Waals surface area contributed by atoms with Crippen LogP contribution < -0.4 is 21.7 Å². The Morgan fingerprint density at radius 3 is 2.75 bits per heavy atom. The molecule has 0 saturated heterocycles. The number of nitrogens with two attached hydrogens (primary N) is 2. The van der Waals surface area contributed by atoms with E-state index in [1.807, 2.05) is 30.0 Å². The number of nitrogens with one attached hydrogen (secondary N) is 1. The Bertz CT molecular complexity index is 755. The number of amides is 1. The molecule has 152 valence electrons. The first-order valence-corrected chi connectivity index (χ1v) is 10.0. The first-order chi connectivity index (χ1) is 13.6. The van der Waals surface area contributed by atoms with Crippen LogP contribution >= 0.6 is 0 Å². The third kappa shape index (κ3) is 4.27. The number of nitrogens with zero attached hydrogens (tertiary/aromatic N) is 3. The van der Waals surface area contributed by atoms with E-state index in [0.717, 1.165) is 38.5 Å². The number of carbonyl (C=O) groups is 1. The van der Waals surface area contributed by atoms with Crippen LogP contribution in [0, 0.1) is 0 Å². The summed E-state index contributed by atoms with van der Waals surface area (Å²) in [6, 6.07) is 7.44. The summed E-state index contributed by atoms with van der Waals surface area (Å²) in [4.78, 5) is 23.6. The van der Waals surface area contributed by atoms with Gasteiger partial charge in [-0.1, -0.05) is 18.6 Å². The van der Waals surface area contributed by atoms with Crippen LogP contribution in [0.5, 0.6) is 0 Å². The molecule has 1 fully saturated rings. The van der Waals surface area contributed by atoms with Crippen molar-refractivity contribution in [2.75, 3.05) is 24.7 Å². The van der Waals surface area contributed by atoms with Crippen molar-refractivity contribution in [3.8, 4) is 0 Å². The molecule has 28 heavy (non-hydrogen) atoms. The number of benzene rings is 1. The Kier molecular flexibility index (Phi) is 6.51. The minimum atomic E-state index is -0.570. The molecule has 1 heterocycles. The number of guanidine groups is 2. The molecule has 0 atom stereocenters. The van der Waals surface area contributed by atoms with Gasteiger partial charge in [-0.2, -0.15) is 4.99 Å². The van der Waals surface area contributed by atoms with Gasteiger partial charge in [-0.15, -0.1) is 0 Å². The van der Waals surface area contributed by atoms with E-state index in [2.05, 4.69) is 15.3 Å². The summed E-state index contributed by atoms with van der Waals surface area (Å²) in [5, 5.41) is 2.97. The molecule has 5 N–H and O–H groups in total. The van der Waals surface area contributed by atoms with E-state index in [1.165, 1.54) is 0 Å². The lowest BCUT2D eigenvalue weighted by Crippen LogP contribution is -2.58. The van der Waals surface area contributed by atoms with Gasteiger partial charge in [0.1, 0.15) is 5.66 Å². The molecule has 1 amide bonds. The van der Waals surface area contributed by atoms with E-state index in [-0.39, 0.29) is 17.8 Å². The molecule has 0 aromatic heterocycles. The highest BCUT2D eigenvalue weighted by atomic mass is 16.5. The van der Waals surface area contributed by atoms with Gasteiger partial charge in [-0.3, -0.25) is 9.69 Å². The third-order valence-corrected chi connectivity index (χ3v) is 5.20. The Hall–Kier alpha value is -2.61. The first-order valence-electron chi connectivity index (χ1n) is 10.0. The van der Waals surface area contributed by atoms with Crippen molar-refractivity contribution in [1.82, 2.24) is 5.32 Å². The number of ether oxygens (including phenoxy) is 1.